The maximum absolute atomic E-state index is 4.76. The third-order valence-corrected chi connectivity index (χ3v) is 6.08. The van der Waals surface area contributed by atoms with Gasteiger partial charge in [0, 0.05) is 45.6 Å². The van der Waals surface area contributed by atoms with Crippen molar-refractivity contribution in [1.29, 1.82) is 0 Å². The number of imidazole rings is 1. The zero-order chi connectivity index (χ0) is 20.8. The Morgan fingerprint density at radius 1 is 0.700 bits per heavy atom. The fourth-order valence-electron chi connectivity index (χ4n) is 4.75. The van der Waals surface area contributed by atoms with Crippen molar-refractivity contribution >= 4 is 21.8 Å². The number of hydrogen-bond donors (Lipinski definition) is 3. The molecule has 4 heteroatoms. The Kier molecular flexibility index (Phi) is 4.50. The number of hydrogen-bond acceptors (Lipinski definition) is 1. The third-order valence-electron chi connectivity index (χ3n) is 6.08. The quantitative estimate of drug-likeness (QED) is 0.301. The van der Waals surface area contributed by atoms with Crippen LogP contribution in [0.5, 0.6) is 0 Å². The fraction of sp³-hybridized carbons (Fsp3) is 0.269. The standard InChI is InChI=1S/C26H28N4/c1-15(2)24-21(17-9-5-7-11-19(17)29-24)23(26-27-13-14-28-26)22-18-10-6-8-12-20(18)30-25(22)16(3)4/h5-16,23,29-30H,1-4H3,(H,27,28). The number of nitrogens with one attached hydrogen (secondary N) is 3. The SMILES string of the molecule is CC(C)c1[nH]c2ccccc2c1C(c1ncc[nH]1)c1c(C(C)C)[nH]c2ccccc12. The lowest BCUT2D eigenvalue weighted by Crippen LogP contribution is -2.11. The van der Waals surface area contributed by atoms with Crippen molar-refractivity contribution in [3.05, 3.63) is 89.3 Å². The van der Waals surface area contributed by atoms with Gasteiger partial charge in [0.25, 0.3) is 0 Å². The van der Waals surface area contributed by atoms with E-state index >= 15 is 0 Å². The van der Waals surface area contributed by atoms with Crippen LogP contribution in [0.25, 0.3) is 21.8 Å². The number of benzene rings is 2. The van der Waals surface area contributed by atoms with Crippen molar-refractivity contribution in [2.45, 2.75) is 45.4 Å². The molecule has 30 heavy (non-hydrogen) atoms. The van der Waals surface area contributed by atoms with E-state index in [-0.39, 0.29) is 5.92 Å². The number of aromatic amines is 3. The monoisotopic (exact) mass is 396 g/mol. The van der Waals surface area contributed by atoms with Crippen molar-refractivity contribution in [1.82, 2.24) is 19.9 Å². The number of nitrogens with zero attached hydrogens (tertiary/aromatic N) is 1. The van der Waals surface area contributed by atoms with E-state index in [2.05, 4.69) is 91.2 Å². The smallest absolute Gasteiger partial charge is 0.118 e. The van der Waals surface area contributed by atoms with Gasteiger partial charge in [-0.2, -0.15) is 0 Å². The lowest BCUT2D eigenvalue weighted by molar-refractivity contribution is 0.767. The molecule has 0 aliphatic carbocycles. The second kappa shape index (κ2) is 7.21. The summed E-state index contributed by atoms with van der Waals surface area (Å²) in [6, 6.07) is 17.2. The van der Waals surface area contributed by atoms with Crippen molar-refractivity contribution < 1.29 is 0 Å². The Morgan fingerprint density at radius 2 is 1.20 bits per heavy atom. The molecule has 3 N–H and O–H groups in total. The minimum atomic E-state index is 0.0158. The topological polar surface area (TPSA) is 60.3 Å². The molecule has 0 amide bonds. The first-order valence-electron chi connectivity index (χ1n) is 10.8. The average molecular weight is 397 g/mol. The molecule has 0 spiro atoms. The number of aromatic nitrogens is 4. The van der Waals surface area contributed by atoms with Gasteiger partial charge in [-0.05, 0) is 35.1 Å². The highest BCUT2D eigenvalue weighted by molar-refractivity contribution is 5.91. The lowest BCUT2D eigenvalue weighted by Gasteiger charge is -2.21. The van der Waals surface area contributed by atoms with Crippen molar-refractivity contribution in [3.63, 3.8) is 0 Å². The first kappa shape index (κ1) is 18.7. The molecule has 0 unspecified atom stereocenters. The molecule has 0 saturated carbocycles. The Balaban J connectivity index is 1.91. The molecule has 0 fully saturated rings. The molecule has 152 valence electrons. The summed E-state index contributed by atoms with van der Waals surface area (Å²) < 4.78 is 0. The summed E-state index contributed by atoms with van der Waals surface area (Å²) in [5, 5.41) is 2.53. The summed E-state index contributed by atoms with van der Waals surface area (Å²) in [5.41, 5.74) is 7.55. The first-order valence-corrected chi connectivity index (χ1v) is 10.8. The summed E-state index contributed by atoms with van der Waals surface area (Å²) in [6.45, 7) is 9.02. The summed E-state index contributed by atoms with van der Waals surface area (Å²) >= 11 is 0. The number of H-pyrrole nitrogens is 3. The molecule has 0 saturated heterocycles. The van der Waals surface area contributed by atoms with Crippen LogP contribution >= 0.6 is 0 Å². The zero-order valence-corrected chi connectivity index (χ0v) is 18.0. The van der Waals surface area contributed by atoms with Crippen molar-refractivity contribution in [2.24, 2.45) is 0 Å². The highest BCUT2D eigenvalue weighted by atomic mass is 14.9. The summed E-state index contributed by atoms with van der Waals surface area (Å²) in [5.74, 6) is 1.74. The summed E-state index contributed by atoms with van der Waals surface area (Å²) in [4.78, 5) is 15.6. The molecular formula is C26H28N4. The molecule has 0 aliphatic heterocycles. The molecule has 0 bridgehead atoms. The summed E-state index contributed by atoms with van der Waals surface area (Å²) in [6.07, 6.45) is 3.78. The third kappa shape index (κ3) is 2.86. The molecule has 3 heterocycles. The van der Waals surface area contributed by atoms with E-state index in [4.69, 9.17) is 4.98 Å². The fourth-order valence-corrected chi connectivity index (χ4v) is 4.75. The van der Waals surface area contributed by atoms with Crippen molar-refractivity contribution in [3.8, 4) is 0 Å². The molecule has 5 aromatic rings. The maximum atomic E-state index is 4.76. The molecule has 0 radical (unpaired) electrons. The van der Waals surface area contributed by atoms with Crippen LogP contribution in [-0.2, 0) is 0 Å². The van der Waals surface area contributed by atoms with Gasteiger partial charge in [0.05, 0.1) is 5.92 Å². The molecule has 0 atom stereocenters. The Labute approximate surface area is 176 Å². The van der Waals surface area contributed by atoms with E-state index in [0.29, 0.717) is 11.8 Å². The Hall–Kier alpha value is -3.27. The minimum absolute atomic E-state index is 0.0158. The minimum Gasteiger partial charge on any atom is -0.358 e. The highest BCUT2D eigenvalue weighted by Gasteiger charge is 2.31. The van der Waals surface area contributed by atoms with E-state index in [0.717, 1.165) is 5.82 Å². The number of rotatable bonds is 5. The van der Waals surface area contributed by atoms with Crippen molar-refractivity contribution in [2.75, 3.05) is 0 Å². The van der Waals surface area contributed by atoms with E-state index in [1.54, 1.807) is 0 Å². The van der Waals surface area contributed by atoms with Crippen LogP contribution in [0, 0.1) is 0 Å². The largest absolute Gasteiger partial charge is 0.358 e. The van der Waals surface area contributed by atoms with Crippen LogP contribution in [0.15, 0.2) is 60.9 Å². The van der Waals surface area contributed by atoms with Gasteiger partial charge in [0.1, 0.15) is 5.82 Å². The van der Waals surface area contributed by atoms with Gasteiger partial charge >= 0.3 is 0 Å². The molecule has 0 aliphatic rings. The molecule has 4 nitrogen and oxygen atoms in total. The molecule has 2 aromatic carbocycles. The van der Waals surface area contributed by atoms with Gasteiger partial charge < -0.3 is 15.0 Å². The first-order chi connectivity index (χ1) is 14.6. The van der Waals surface area contributed by atoms with Crippen LogP contribution in [0.1, 0.15) is 73.8 Å². The van der Waals surface area contributed by atoms with Gasteiger partial charge in [-0.15, -0.1) is 0 Å². The van der Waals surface area contributed by atoms with Crippen LogP contribution in [0.3, 0.4) is 0 Å². The normalized spacial score (nSPS) is 12.2. The van der Waals surface area contributed by atoms with Gasteiger partial charge in [0.15, 0.2) is 0 Å². The Bertz CT molecular complexity index is 1220. The van der Waals surface area contributed by atoms with E-state index in [1.165, 1.54) is 44.3 Å². The second-order valence-electron chi connectivity index (χ2n) is 8.71. The molecule has 3 aromatic heterocycles. The predicted molar refractivity (Wildman–Crippen MR) is 124 cm³/mol. The second-order valence-corrected chi connectivity index (χ2v) is 8.71. The van der Waals surface area contributed by atoms with E-state index in [1.807, 2.05) is 12.4 Å². The zero-order valence-electron chi connectivity index (χ0n) is 18.0. The van der Waals surface area contributed by atoms with Gasteiger partial charge in [-0.25, -0.2) is 4.98 Å². The van der Waals surface area contributed by atoms with Crippen LogP contribution < -0.4 is 0 Å². The van der Waals surface area contributed by atoms with Gasteiger partial charge in [-0.3, -0.25) is 0 Å². The summed E-state index contributed by atoms with van der Waals surface area (Å²) in [7, 11) is 0. The van der Waals surface area contributed by atoms with Gasteiger partial charge in [-0.1, -0.05) is 64.1 Å². The molecular weight excluding hydrogens is 368 g/mol. The van der Waals surface area contributed by atoms with E-state index in [9.17, 15) is 0 Å². The van der Waals surface area contributed by atoms with Crippen LogP contribution in [-0.4, -0.2) is 19.9 Å². The Morgan fingerprint density at radius 3 is 1.63 bits per heavy atom. The van der Waals surface area contributed by atoms with Crippen LogP contribution in [0.2, 0.25) is 0 Å². The number of para-hydroxylation sites is 2. The van der Waals surface area contributed by atoms with Gasteiger partial charge in [0.2, 0.25) is 0 Å². The lowest BCUT2D eigenvalue weighted by atomic mass is 9.83. The number of fused-ring (bicyclic) bond motifs is 2. The highest BCUT2D eigenvalue weighted by Crippen LogP contribution is 2.44. The predicted octanol–water partition coefficient (Wildman–Crippen LogP) is 6.80. The average Bonchev–Trinajstić information content (AvgIpc) is 3.47. The molecule has 5 rings (SSSR count). The van der Waals surface area contributed by atoms with E-state index < -0.39 is 0 Å². The maximum Gasteiger partial charge on any atom is 0.118 e. The van der Waals surface area contributed by atoms with Crippen LogP contribution in [0.4, 0.5) is 0 Å².